The molecule has 0 heterocycles. The van der Waals surface area contributed by atoms with Crippen LogP contribution in [0.2, 0.25) is 0 Å². The van der Waals surface area contributed by atoms with Crippen LogP contribution in [0, 0.1) is 19.3 Å². The van der Waals surface area contributed by atoms with E-state index in [4.69, 9.17) is 21.6 Å². The number of carbonyl (C=O) groups excluding carboxylic acids is 1. The lowest BCUT2D eigenvalue weighted by Crippen LogP contribution is -2.13. The Morgan fingerprint density at radius 2 is 2.25 bits per heavy atom. The minimum absolute atomic E-state index is 0.145. The molecule has 16 heavy (non-hydrogen) atoms. The number of carbonyl (C=O) groups is 1. The van der Waals surface area contributed by atoms with Gasteiger partial charge in [-0.3, -0.25) is 4.79 Å². The number of amides is 1. The van der Waals surface area contributed by atoms with Crippen LogP contribution in [0.25, 0.3) is 0 Å². The third kappa shape index (κ3) is 2.26. The summed E-state index contributed by atoms with van der Waals surface area (Å²) in [5.74, 6) is 2.84. The van der Waals surface area contributed by atoms with E-state index in [9.17, 15) is 4.79 Å². The molecule has 0 bridgehead atoms. The normalized spacial score (nSPS) is 9.31. The zero-order valence-electron chi connectivity index (χ0n) is 9.24. The summed E-state index contributed by atoms with van der Waals surface area (Å²) in [6.45, 7) is 1.88. The second kappa shape index (κ2) is 5.08. The Morgan fingerprint density at radius 1 is 1.56 bits per heavy atom. The van der Waals surface area contributed by atoms with E-state index in [2.05, 4.69) is 5.92 Å². The molecule has 0 aliphatic rings. The molecule has 1 amide bonds. The number of methoxy groups -OCH3 is 1. The lowest BCUT2D eigenvalue weighted by Gasteiger charge is -2.13. The number of rotatable bonds is 4. The Kier molecular flexibility index (Phi) is 3.78. The topological polar surface area (TPSA) is 61.5 Å². The first-order valence-electron chi connectivity index (χ1n) is 4.65. The van der Waals surface area contributed by atoms with Crippen LogP contribution < -0.4 is 15.2 Å². The quantitative estimate of drug-likeness (QED) is 0.772. The summed E-state index contributed by atoms with van der Waals surface area (Å²) in [6.07, 6.45) is 5.09. The molecule has 1 rings (SSSR count). The number of primary amides is 1. The SMILES string of the molecule is C#CCOc1ccc(C(N)=O)c(C)c1OC. The molecule has 1 aromatic carbocycles. The summed E-state index contributed by atoms with van der Waals surface area (Å²) in [5.41, 5.74) is 6.27. The molecule has 0 atom stereocenters. The van der Waals surface area contributed by atoms with Crippen LogP contribution in [-0.2, 0) is 0 Å². The van der Waals surface area contributed by atoms with E-state index in [1.165, 1.54) is 7.11 Å². The summed E-state index contributed by atoms with van der Waals surface area (Å²) < 4.78 is 10.4. The number of hydrogen-bond donors (Lipinski definition) is 1. The minimum Gasteiger partial charge on any atom is -0.493 e. The first-order valence-corrected chi connectivity index (χ1v) is 4.65. The minimum atomic E-state index is -0.501. The maximum Gasteiger partial charge on any atom is 0.249 e. The fraction of sp³-hybridized carbons (Fsp3) is 0.250. The van der Waals surface area contributed by atoms with Gasteiger partial charge in [-0.25, -0.2) is 0 Å². The molecular formula is C12H13NO3. The Balaban J connectivity index is 3.19. The summed E-state index contributed by atoms with van der Waals surface area (Å²) in [7, 11) is 1.50. The molecule has 0 aliphatic carbocycles. The number of nitrogens with two attached hydrogens (primary N) is 1. The molecule has 0 spiro atoms. The maximum atomic E-state index is 11.1. The van der Waals surface area contributed by atoms with Crippen LogP contribution >= 0.6 is 0 Å². The van der Waals surface area contributed by atoms with Crippen molar-refractivity contribution in [2.75, 3.05) is 13.7 Å². The number of hydrogen-bond acceptors (Lipinski definition) is 3. The second-order valence-corrected chi connectivity index (χ2v) is 3.13. The molecule has 0 unspecified atom stereocenters. The Labute approximate surface area is 94.3 Å². The molecular weight excluding hydrogens is 206 g/mol. The monoisotopic (exact) mass is 219 g/mol. The Hall–Kier alpha value is -2.15. The van der Waals surface area contributed by atoms with E-state index >= 15 is 0 Å². The van der Waals surface area contributed by atoms with Crippen LogP contribution in [0.4, 0.5) is 0 Å². The van der Waals surface area contributed by atoms with Crippen LogP contribution in [0.15, 0.2) is 12.1 Å². The molecule has 2 N–H and O–H groups in total. The van der Waals surface area contributed by atoms with Crippen LogP contribution in [-0.4, -0.2) is 19.6 Å². The summed E-state index contributed by atoms with van der Waals surface area (Å²) in [4.78, 5) is 11.1. The molecule has 0 saturated heterocycles. The van der Waals surface area contributed by atoms with Gasteiger partial charge in [-0.05, 0) is 19.1 Å². The summed E-state index contributed by atoms with van der Waals surface area (Å²) >= 11 is 0. The van der Waals surface area contributed by atoms with E-state index in [0.29, 0.717) is 22.6 Å². The summed E-state index contributed by atoms with van der Waals surface area (Å²) in [5, 5.41) is 0. The molecule has 0 radical (unpaired) electrons. The van der Waals surface area contributed by atoms with Crippen molar-refractivity contribution in [3.8, 4) is 23.8 Å². The molecule has 0 saturated carbocycles. The fourth-order valence-corrected chi connectivity index (χ4v) is 1.42. The molecule has 1 aromatic rings. The largest absolute Gasteiger partial charge is 0.493 e. The van der Waals surface area contributed by atoms with Crippen molar-refractivity contribution < 1.29 is 14.3 Å². The molecule has 4 nitrogen and oxygen atoms in total. The van der Waals surface area contributed by atoms with E-state index in [1.54, 1.807) is 19.1 Å². The fourth-order valence-electron chi connectivity index (χ4n) is 1.42. The highest BCUT2D eigenvalue weighted by Crippen LogP contribution is 2.32. The van der Waals surface area contributed by atoms with Crippen LogP contribution in [0.5, 0.6) is 11.5 Å². The van der Waals surface area contributed by atoms with Gasteiger partial charge in [-0.15, -0.1) is 6.42 Å². The zero-order chi connectivity index (χ0) is 12.1. The lowest BCUT2D eigenvalue weighted by molar-refractivity contribution is 0.0999. The van der Waals surface area contributed by atoms with Gasteiger partial charge in [0.05, 0.1) is 7.11 Å². The number of benzene rings is 1. The smallest absolute Gasteiger partial charge is 0.249 e. The molecule has 0 aromatic heterocycles. The van der Waals surface area contributed by atoms with Gasteiger partial charge < -0.3 is 15.2 Å². The van der Waals surface area contributed by atoms with Crippen molar-refractivity contribution in [1.82, 2.24) is 0 Å². The average molecular weight is 219 g/mol. The lowest BCUT2D eigenvalue weighted by atomic mass is 10.1. The standard InChI is InChI=1S/C12H13NO3/c1-4-7-16-10-6-5-9(12(13)14)8(2)11(10)15-3/h1,5-6H,7H2,2-3H3,(H2,13,14). The highest BCUT2D eigenvalue weighted by Gasteiger charge is 2.14. The van der Waals surface area contributed by atoms with E-state index in [0.717, 1.165) is 0 Å². The van der Waals surface area contributed by atoms with E-state index in [1.807, 2.05) is 0 Å². The van der Waals surface area contributed by atoms with Crippen molar-refractivity contribution in [1.29, 1.82) is 0 Å². The number of terminal acetylenes is 1. The van der Waals surface area contributed by atoms with Gasteiger partial charge in [0, 0.05) is 11.1 Å². The van der Waals surface area contributed by atoms with Crippen molar-refractivity contribution in [2.45, 2.75) is 6.92 Å². The van der Waals surface area contributed by atoms with Gasteiger partial charge >= 0.3 is 0 Å². The van der Waals surface area contributed by atoms with Crippen molar-refractivity contribution >= 4 is 5.91 Å². The Morgan fingerprint density at radius 3 is 2.75 bits per heavy atom. The molecule has 0 fully saturated rings. The van der Waals surface area contributed by atoms with E-state index in [-0.39, 0.29) is 6.61 Å². The first-order chi connectivity index (χ1) is 7.61. The predicted molar refractivity (Wildman–Crippen MR) is 60.6 cm³/mol. The average Bonchev–Trinajstić information content (AvgIpc) is 2.25. The van der Waals surface area contributed by atoms with Gasteiger partial charge in [0.2, 0.25) is 5.91 Å². The number of ether oxygens (including phenoxy) is 2. The predicted octanol–water partition coefficient (Wildman–Crippen LogP) is 1.11. The first kappa shape index (κ1) is 11.9. The summed E-state index contributed by atoms with van der Waals surface area (Å²) in [6, 6.07) is 3.20. The highest BCUT2D eigenvalue weighted by atomic mass is 16.5. The van der Waals surface area contributed by atoms with Gasteiger partial charge in [-0.1, -0.05) is 5.92 Å². The maximum absolute atomic E-state index is 11.1. The molecule has 4 heteroatoms. The van der Waals surface area contributed by atoms with Crippen LogP contribution in [0.3, 0.4) is 0 Å². The molecule has 0 aliphatic heterocycles. The van der Waals surface area contributed by atoms with Crippen molar-refractivity contribution in [3.63, 3.8) is 0 Å². The van der Waals surface area contributed by atoms with Gasteiger partial charge in [0.15, 0.2) is 11.5 Å². The van der Waals surface area contributed by atoms with Gasteiger partial charge in [-0.2, -0.15) is 0 Å². The zero-order valence-corrected chi connectivity index (χ0v) is 9.24. The van der Waals surface area contributed by atoms with Crippen molar-refractivity contribution in [3.05, 3.63) is 23.3 Å². The third-order valence-electron chi connectivity index (χ3n) is 2.15. The van der Waals surface area contributed by atoms with E-state index < -0.39 is 5.91 Å². The highest BCUT2D eigenvalue weighted by molar-refractivity contribution is 5.95. The van der Waals surface area contributed by atoms with Crippen molar-refractivity contribution in [2.24, 2.45) is 5.73 Å². The Bertz CT molecular complexity index is 446. The van der Waals surface area contributed by atoms with Gasteiger partial charge in [0.25, 0.3) is 0 Å². The second-order valence-electron chi connectivity index (χ2n) is 3.13. The van der Waals surface area contributed by atoms with Gasteiger partial charge in [0.1, 0.15) is 6.61 Å². The third-order valence-corrected chi connectivity index (χ3v) is 2.15. The molecule has 84 valence electrons. The van der Waals surface area contributed by atoms with Crippen LogP contribution in [0.1, 0.15) is 15.9 Å².